The lowest BCUT2D eigenvalue weighted by Gasteiger charge is -2.08. The molecule has 0 spiro atoms. The number of hydrogen-bond acceptors (Lipinski definition) is 4. The first-order valence-corrected chi connectivity index (χ1v) is 6.38. The number of nitrogens with zero attached hydrogens (tertiary/aromatic N) is 2. The molecule has 0 radical (unpaired) electrons. The second-order valence-corrected chi connectivity index (χ2v) is 4.80. The third-order valence-electron chi connectivity index (χ3n) is 2.40. The Morgan fingerprint density at radius 2 is 2.11 bits per heavy atom. The molecule has 1 aromatic heterocycles. The van der Waals surface area contributed by atoms with E-state index in [1.165, 1.54) is 0 Å². The van der Waals surface area contributed by atoms with Gasteiger partial charge in [0.2, 0.25) is 5.88 Å². The lowest BCUT2D eigenvalue weighted by Crippen LogP contribution is -2.07. The van der Waals surface area contributed by atoms with Crippen molar-refractivity contribution >= 4 is 15.9 Å². The summed E-state index contributed by atoms with van der Waals surface area (Å²) in [5.74, 6) is 1.27. The highest BCUT2D eigenvalue weighted by atomic mass is 79.9. The van der Waals surface area contributed by atoms with Crippen molar-refractivity contribution in [2.24, 2.45) is 0 Å². The molecule has 0 aliphatic heterocycles. The molecule has 0 aliphatic rings. The van der Waals surface area contributed by atoms with Crippen LogP contribution in [0.2, 0.25) is 0 Å². The van der Waals surface area contributed by atoms with Crippen molar-refractivity contribution in [3.05, 3.63) is 46.3 Å². The van der Waals surface area contributed by atoms with Gasteiger partial charge in [-0.3, -0.25) is 4.98 Å². The molecule has 0 amide bonds. The molecular weight excluding hydrogens is 294 g/mol. The van der Waals surface area contributed by atoms with Crippen molar-refractivity contribution in [2.45, 2.75) is 13.5 Å². The van der Waals surface area contributed by atoms with Crippen LogP contribution in [-0.4, -0.2) is 17.0 Å². The molecule has 5 heteroatoms. The molecular formula is C13H14BrN3O. The molecule has 4 nitrogen and oxygen atoms in total. The standard InChI is InChI=1S/C13H14BrN3O/c1-9-3-4-10(14)5-12(9)18-13-8-16-11(6-15-2)7-17-13/h3-5,7-8,15H,6H2,1-2H3. The Kier molecular flexibility index (Phi) is 4.28. The molecule has 1 N–H and O–H groups in total. The SMILES string of the molecule is CNCc1cnc(Oc2cc(Br)ccc2C)cn1. The zero-order valence-corrected chi connectivity index (χ0v) is 11.9. The largest absolute Gasteiger partial charge is 0.437 e. The Hall–Kier alpha value is -1.46. The van der Waals surface area contributed by atoms with E-state index in [1.807, 2.05) is 32.2 Å². The van der Waals surface area contributed by atoms with Gasteiger partial charge in [0, 0.05) is 11.0 Å². The van der Waals surface area contributed by atoms with Crippen LogP contribution in [0, 0.1) is 6.92 Å². The minimum atomic E-state index is 0.496. The average molecular weight is 308 g/mol. The fraction of sp³-hybridized carbons (Fsp3) is 0.231. The highest BCUT2D eigenvalue weighted by Crippen LogP contribution is 2.26. The molecule has 1 aromatic carbocycles. The minimum Gasteiger partial charge on any atom is -0.437 e. The van der Waals surface area contributed by atoms with Gasteiger partial charge >= 0.3 is 0 Å². The molecule has 0 aliphatic carbocycles. The summed E-state index contributed by atoms with van der Waals surface area (Å²) in [6, 6.07) is 5.88. The topological polar surface area (TPSA) is 47.0 Å². The van der Waals surface area contributed by atoms with Crippen LogP contribution < -0.4 is 10.1 Å². The Balaban J connectivity index is 2.15. The molecule has 1 heterocycles. The summed E-state index contributed by atoms with van der Waals surface area (Å²) >= 11 is 3.42. The zero-order valence-electron chi connectivity index (χ0n) is 10.3. The van der Waals surface area contributed by atoms with Gasteiger partial charge in [0.1, 0.15) is 5.75 Å². The van der Waals surface area contributed by atoms with Crippen molar-refractivity contribution in [1.82, 2.24) is 15.3 Å². The molecule has 2 aromatic rings. The lowest BCUT2D eigenvalue weighted by molar-refractivity contribution is 0.455. The second kappa shape index (κ2) is 5.93. The maximum Gasteiger partial charge on any atom is 0.237 e. The normalized spacial score (nSPS) is 10.4. The third-order valence-corrected chi connectivity index (χ3v) is 2.90. The molecule has 18 heavy (non-hydrogen) atoms. The van der Waals surface area contributed by atoms with E-state index in [0.29, 0.717) is 12.4 Å². The zero-order chi connectivity index (χ0) is 13.0. The van der Waals surface area contributed by atoms with Crippen molar-refractivity contribution < 1.29 is 4.74 Å². The Morgan fingerprint density at radius 1 is 1.28 bits per heavy atom. The fourth-order valence-electron chi connectivity index (χ4n) is 1.46. The summed E-state index contributed by atoms with van der Waals surface area (Å²) in [6.07, 6.45) is 3.34. The van der Waals surface area contributed by atoms with Crippen molar-refractivity contribution in [2.75, 3.05) is 7.05 Å². The fourth-order valence-corrected chi connectivity index (χ4v) is 1.80. The van der Waals surface area contributed by atoms with Crippen LogP contribution in [0.25, 0.3) is 0 Å². The van der Waals surface area contributed by atoms with Crippen LogP contribution >= 0.6 is 15.9 Å². The maximum atomic E-state index is 5.70. The number of rotatable bonds is 4. The Bertz CT molecular complexity index is 528. The quantitative estimate of drug-likeness (QED) is 0.943. The summed E-state index contributed by atoms with van der Waals surface area (Å²) in [7, 11) is 1.87. The van der Waals surface area contributed by atoms with Gasteiger partial charge in [-0.1, -0.05) is 22.0 Å². The van der Waals surface area contributed by atoms with Crippen LogP contribution in [0.3, 0.4) is 0 Å². The van der Waals surface area contributed by atoms with Gasteiger partial charge in [-0.05, 0) is 31.7 Å². The van der Waals surface area contributed by atoms with Gasteiger partial charge in [-0.2, -0.15) is 0 Å². The minimum absolute atomic E-state index is 0.496. The number of aryl methyl sites for hydroxylation is 1. The van der Waals surface area contributed by atoms with Crippen LogP contribution in [0.15, 0.2) is 35.1 Å². The summed E-state index contributed by atoms with van der Waals surface area (Å²) in [5, 5.41) is 3.02. The van der Waals surface area contributed by atoms with Crippen LogP contribution in [0.5, 0.6) is 11.6 Å². The highest BCUT2D eigenvalue weighted by molar-refractivity contribution is 9.10. The van der Waals surface area contributed by atoms with Gasteiger partial charge in [0.25, 0.3) is 0 Å². The van der Waals surface area contributed by atoms with E-state index in [4.69, 9.17) is 4.74 Å². The number of aromatic nitrogens is 2. The van der Waals surface area contributed by atoms with E-state index in [1.54, 1.807) is 12.4 Å². The number of hydrogen-bond donors (Lipinski definition) is 1. The van der Waals surface area contributed by atoms with E-state index < -0.39 is 0 Å². The van der Waals surface area contributed by atoms with Crippen LogP contribution in [0.4, 0.5) is 0 Å². The molecule has 0 unspecified atom stereocenters. The number of ether oxygens (including phenoxy) is 1. The second-order valence-electron chi connectivity index (χ2n) is 3.89. The first-order chi connectivity index (χ1) is 8.69. The van der Waals surface area contributed by atoms with E-state index in [-0.39, 0.29) is 0 Å². The van der Waals surface area contributed by atoms with Gasteiger partial charge in [0.15, 0.2) is 0 Å². The van der Waals surface area contributed by atoms with Gasteiger partial charge in [-0.25, -0.2) is 4.98 Å². The summed E-state index contributed by atoms with van der Waals surface area (Å²) in [6.45, 7) is 2.69. The summed E-state index contributed by atoms with van der Waals surface area (Å²) < 4.78 is 6.67. The van der Waals surface area contributed by atoms with E-state index >= 15 is 0 Å². The van der Waals surface area contributed by atoms with Crippen LogP contribution in [-0.2, 0) is 6.54 Å². The molecule has 94 valence electrons. The van der Waals surface area contributed by atoms with Crippen molar-refractivity contribution in [3.8, 4) is 11.6 Å². The van der Waals surface area contributed by atoms with E-state index in [0.717, 1.165) is 21.5 Å². The van der Waals surface area contributed by atoms with Gasteiger partial charge < -0.3 is 10.1 Å². The number of halogens is 1. The highest BCUT2D eigenvalue weighted by Gasteiger charge is 2.04. The maximum absolute atomic E-state index is 5.70. The Labute approximate surface area is 115 Å². The van der Waals surface area contributed by atoms with Gasteiger partial charge in [-0.15, -0.1) is 0 Å². The van der Waals surface area contributed by atoms with Crippen LogP contribution in [0.1, 0.15) is 11.3 Å². The first-order valence-electron chi connectivity index (χ1n) is 5.58. The van der Waals surface area contributed by atoms with E-state index in [9.17, 15) is 0 Å². The summed E-state index contributed by atoms with van der Waals surface area (Å²) in [4.78, 5) is 8.48. The monoisotopic (exact) mass is 307 g/mol. The Morgan fingerprint density at radius 3 is 2.78 bits per heavy atom. The molecule has 0 saturated heterocycles. The van der Waals surface area contributed by atoms with Crippen molar-refractivity contribution in [1.29, 1.82) is 0 Å². The predicted octanol–water partition coefficient (Wildman–Crippen LogP) is 3.06. The van der Waals surface area contributed by atoms with E-state index in [2.05, 4.69) is 31.2 Å². The molecule has 0 fully saturated rings. The van der Waals surface area contributed by atoms with Crippen molar-refractivity contribution in [3.63, 3.8) is 0 Å². The third kappa shape index (κ3) is 3.27. The number of benzene rings is 1. The average Bonchev–Trinajstić information content (AvgIpc) is 2.37. The summed E-state index contributed by atoms with van der Waals surface area (Å²) in [5.41, 5.74) is 1.94. The molecule has 0 saturated carbocycles. The smallest absolute Gasteiger partial charge is 0.237 e. The first kappa shape index (κ1) is 13.0. The van der Waals surface area contributed by atoms with Gasteiger partial charge in [0.05, 0.1) is 18.1 Å². The molecule has 2 rings (SSSR count). The predicted molar refractivity (Wildman–Crippen MR) is 73.7 cm³/mol. The molecule has 0 atom stereocenters. The number of nitrogens with one attached hydrogen (secondary N) is 1. The lowest BCUT2D eigenvalue weighted by atomic mass is 10.2. The molecule has 0 bridgehead atoms.